The SMILES string of the molecule is CCCc1ccc(OC2O[C@@H]3O[C@@]4(C)CCC5[C@H](C)CCC([C@H]2C)[C@]53OO4)cc1.C[C@H]1C(OCC2CCCCC2)O[C@@H]2O[C@@]3(C)CCC4[C@H](C)CCC1[C@]42OO3.C[C@H]1C(OCCOC2CCCCC2)O[C@@H]2O[C@@]3(C)CCC4[C@H](C)CCC1[C@]42OO3.C[C@H]1C(Oc2ccc(C(C)(C)C)cc2)O[C@@H]2O[C@@]3(C)CCC4[C@H](C)CCC1[C@]42OO3. The molecule has 6 aliphatic carbocycles. The van der Waals surface area contributed by atoms with Gasteiger partial charge in [0.1, 0.15) is 11.5 Å². The Balaban J connectivity index is 0.000000111. The molecule has 0 amide bonds. The number of ether oxygens (including phenoxy) is 13. The highest BCUT2D eigenvalue weighted by Crippen LogP contribution is 2.66. The van der Waals surface area contributed by atoms with Crippen molar-refractivity contribution in [2.75, 3.05) is 19.8 Å². The Labute approximate surface area is 686 Å². The first-order valence-electron chi connectivity index (χ1n) is 46.3. The molecular formula is C94H144O21. The fraction of sp³-hybridized carbons (Fsp3) is 0.872. The third-order valence-electron chi connectivity index (χ3n) is 32.6. The summed E-state index contributed by atoms with van der Waals surface area (Å²) in [6.07, 6.45) is 29.5. The lowest BCUT2D eigenvalue weighted by molar-refractivity contribution is -0.577. The van der Waals surface area contributed by atoms with E-state index in [2.05, 4.69) is 119 Å². The Morgan fingerprint density at radius 2 is 0.678 bits per heavy atom. The summed E-state index contributed by atoms with van der Waals surface area (Å²) in [4.78, 5) is 48.3. The lowest BCUT2D eigenvalue weighted by Crippen LogP contribution is -2.70. The molecule has 646 valence electrons. The fourth-order valence-electron chi connectivity index (χ4n) is 25.7. The van der Waals surface area contributed by atoms with Crippen LogP contribution in [0.3, 0.4) is 0 Å². The molecule has 21 heteroatoms. The number of benzene rings is 2. The molecule has 115 heavy (non-hydrogen) atoms. The monoisotopic (exact) mass is 1610 g/mol. The normalized spacial score (nSPS) is 48.6. The summed E-state index contributed by atoms with van der Waals surface area (Å²) in [5.74, 6) is 5.44. The standard InChI is InChI=1S/C25H36O5.C24H34O5.C23H38O6.C22H36O5/c1-15-7-12-20-16(2)21(26-18-10-8-17(9-11-18)23(3,4)5)27-22-25(20)19(15)13-14-24(6,28-22)29-30-25;1-5-6-17-8-10-18(11-9-17)25-21-16(3)20-12-7-15(2)19-13-14-23(4)27-22(26-21)24(19,20)29-28-23;1-15-9-10-19-16(2)20(25-14-13-24-17-7-5-4-6-8-17)26-21-23(19)18(15)11-12-22(3,27-21)28-29-23;1-14-9-10-18-15(2)19(23-13-16-7-5-4-6-8-16)24-20-22(18)17(14)11-12-21(3,25-20)26-27-22/h8-11,15-16,19-22H,7,12-14H2,1-6H3;8-11,15-16,19-22H,5-7,12-14H2,1-4H3;15-21H,4-14H2,1-3H3;14-20H,4-13H2,1-3H3/t15-,16-,19?,20?,21?,22-,24-,25-;15-,16-,19?,20?,21?,22-,23-,24-;15-,16-,18?,19?,20?,21-,22-,23-;14-,15-,17?,18?,19?,20-,21-,22-/m1111/s1. The largest absolute Gasteiger partial charge is 0.465 e. The first-order chi connectivity index (χ1) is 55.1. The molecular weight excluding hydrogens is 1470 g/mol. The van der Waals surface area contributed by atoms with Gasteiger partial charge in [0.15, 0.2) is 60.1 Å². The van der Waals surface area contributed by atoms with Crippen LogP contribution in [-0.4, -0.2) is 122 Å². The van der Waals surface area contributed by atoms with Crippen molar-refractivity contribution in [3.63, 3.8) is 0 Å². The lowest BCUT2D eigenvalue weighted by Gasteiger charge is -2.60. The van der Waals surface area contributed by atoms with Gasteiger partial charge in [0.25, 0.3) is 0 Å². The average Bonchev–Trinajstić information content (AvgIpc) is 1.68. The van der Waals surface area contributed by atoms with Gasteiger partial charge in [-0.05, 0) is 231 Å². The van der Waals surface area contributed by atoms with Crippen molar-refractivity contribution in [3.8, 4) is 11.5 Å². The molecule has 32 atom stereocenters. The van der Waals surface area contributed by atoms with Gasteiger partial charge in [0, 0.05) is 73.0 Å². The third-order valence-corrected chi connectivity index (χ3v) is 32.6. The van der Waals surface area contributed by atoms with Crippen LogP contribution in [0.2, 0.25) is 0 Å². The van der Waals surface area contributed by atoms with Crippen molar-refractivity contribution >= 4 is 0 Å². The van der Waals surface area contributed by atoms with Crippen LogP contribution in [0.15, 0.2) is 48.5 Å². The molecule has 12 unspecified atom stereocenters. The predicted octanol–water partition coefficient (Wildman–Crippen LogP) is 20.1. The summed E-state index contributed by atoms with van der Waals surface area (Å²) >= 11 is 0. The van der Waals surface area contributed by atoms with Crippen LogP contribution in [0.5, 0.6) is 11.5 Å². The van der Waals surface area contributed by atoms with E-state index in [1.807, 2.05) is 39.8 Å². The Bertz CT molecular complexity index is 3550. The third kappa shape index (κ3) is 15.8. The molecule has 16 saturated heterocycles. The van der Waals surface area contributed by atoms with Gasteiger partial charge in [-0.2, -0.15) is 0 Å². The van der Waals surface area contributed by atoms with Gasteiger partial charge in [-0.3, -0.25) is 0 Å². The summed E-state index contributed by atoms with van der Waals surface area (Å²) in [5, 5.41) is 0. The second-order valence-electron chi connectivity index (χ2n) is 41.3. The number of fused-ring (bicyclic) bond motifs is 8. The van der Waals surface area contributed by atoms with Crippen molar-refractivity contribution < 1.29 is 101 Å². The molecule has 2 aromatic carbocycles. The van der Waals surface area contributed by atoms with E-state index in [1.165, 1.54) is 101 Å². The second-order valence-corrected chi connectivity index (χ2v) is 41.3. The second kappa shape index (κ2) is 33.4. The Kier molecular flexibility index (Phi) is 24.5. The Hall–Kier alpha value is -2.72. The maximum atomic E-state index is 6.51. The van der Waals surface area contributed by atoms with E-state index in [0.29, 0.717) is 84.4 Å². The molecule has 0 radical (unpaired) electrons. The minimum Gasteiger partial charge on any atom is -0.465 e. The van der Waals surface area contributed by atoms with Crippen molar-refractivity contribution in [1.82, 2.24) is 0 Å². The van der Waals surface area contributed by atoms with Gasteiger partial charge < -0.3 is 61.6 Å². The molecule has 6 saturated carbocycles. The molecule has 8 bridgehead atoms. The van der Waals surface area contributed by atoms with Crippen LogP contribution in [0, 0.1) is 101 Å². The maximum Gasteiger partial charge on any atom is 0.205 e. The van der Waals surface area contributed by atoms with Crippen LogP contribution in [0.25, 0.3) is 0 Å². The molecule has 21 nitrogen and oxygen atoms in total. The van der Waals surface area contributed by atoms with Crippen molar-refractivity contribution in [1.29, 1.82) is 0 Å². The summed E-state index contributed by atoms with van der Waals surface area (Å²) in [6, 6.07) is 16.8. The molecule has 16 aliphatic heterocycles. The van der Waals surface area contributed by atoms with Crippen LogP contribution in [0.4, 0.5) is 0 Å². The average molecular weight is 1610 g/mol. The van der Waals surface area contributed by atoms with E-state index in [9.17, 15) is 0 Å². The maximum absolute atomic E-state index is 6.51. The number of hydrogen-bond donors (Lipinski definition) is 0. The first-order valence-corrected chi connectivity index (χ1v) is 46.3. The predicted molar refractivity (Wildman–Crippen MR) is 425 cm³/mol. The van der Waals surface area contributed by atoms with Crippen molar-refractivity contribution in [2.24, 2.45) is 101 Å². The van der Waals surface area contributed by atoms with Crippen LogP contribution in [0.1, 0.15) is 295 Å². The zero-order chi connectivity index (χ0) is 80.2. The molecule has 22 fully saturated rings. The molecule has 24 rings (SSSR count). The highest BCUT2D eigenvalue weighted by Gasteiger charge is 2.75. The van der Waals surface area contributed by atoms with E-state index in [0.717, 1.165) is 108 Å². The van der Waals surface area contributed by atoms with E-state index in [1.54, 1.807) is 0 Å². The Morgan fingerprint density at radius 1 is 0.348 bits per heavy atom. The zero-order valence-corrected chi connectivity index (χ0v) is 72.6. The van der Waals surface area contributed by atoms with E-state index in [4.69, 9.17) is 101 Å². The molecule has 0 N–H and O–H groups in total. The Morgan fingerprint density at radius 3 is 1.04 bits per heavy atom. The van der Waals surface area contributed by atoms with Crippen LogP contribution < -0.4 is 9.47 Å². The van der Waals surface area contributed by atoms with Gasteiger partial charge in [-0.1, -0.05) is 152 Å². The van der Waals surface area contributed by atoms with Gasteiger partial charge in [-0.25, -0.2) is 39.1 Å². The van der Waals surface area contributed by atoms with Crippen LogP contribution in [-0.2, 0) is 103 Å². The number of rotatable bonds is 14. The van der Waals surface area contributed by atoms with Gasteiger partial charge >= 0.3 is 0 Å². The number of hydrogen-bond acceptors (Lipinski definition) is 21. The summed E-state index contributed by atoms with van der Waals surface area (Å²) in [6.45, 7) is 37.0. The zero-order valence-electron chi connectivity index (χ0n) is 72.6. The van der Waals surface area contributed by atoms with Gasteiger partial charge in [0.05, 0.1) is 25.9 Å². The highest BCUT2D eigenvalue weighted by atomic mass is 17.3. The smallest absolute Gasteiger partial charge is 0.205 e. The molecule has 0 aromatic heterocycles. The quantitative estimate of drug-likeness (QED) is 0.128. The highest BCUT2D eigenvalue weighted by molar-refractivity contribution is 5.32. The minimum atomic E-state index is -0.753. The molecule has 16 heterocycles. The molecule has 4 spiro atoms. The lowest BCUT2D eigenvalue weighted by atomic mass is 9.58. The van der Waals surface area contributed by atoms with E-state index in [-0.39, 0.29) is 72.4 Å². The van der Waals surface area contributed by atoms with Gasteiger partial charge in [-0.15, -0.1) is 0 Å². The molecule has 22 aliphatic rings. The van der Waals surface area contributed by atoms with Crippen molar-refractivity contribution in [2.45, 2.75) is 398 Å². The number of aryl methyl sites for hydroxylation is 1. The fourth-order valence-corrected chi connectivity index (χ4v) is 25.7. The van der Waals surface area contributed by atoms with Crippen LogP contribution >= 0.6 is 0 Å². The van der Waals surface area contributed by atoms with Gasteiger partial charge in [0.2, 0.25) is 35.7 Å². The van der Waals surface area contributed by atoms with Crippen molar-refractivity contribution in [3.05, 3.63) is 59.7 Å². The first kappa shape index (κ1) is 84.5. The van der Waals surface area contributed by atoms with E-state index < -0.39 is 64.4 Å². The minimum absolute atomic E-state index is 0.119. The summed E-state index contributed by atoms with van der Waals surface area (Å²) < 4.78 is 82.9. The molecule has 2 aromatic rings. The summed E-state index contributed by atoms with van der Waals surface area (Å²) in [7, 11) is 0. The summed E-state index contributed by atoms with van der Waals surface area (Å²) in [5.41, 5.74) is 0.694. The van der Waals surface area contributed by atoms with E-state index >= 15 is 0 Å². The topological polar surface area (TPSA) is 194 Å².